The molecule has 0 saturated carbocycles. The van der Waals surface area contributed by atoms with Crippen LogP contribution in [0, 0.1) is 0 Å². The molecule has 0 fully saturated rings. The lowest BCUT2D eigenvalue weighted by Gasteiger charge is -1.96. The van der Waals surface area contributed by atoms with E-state index >= 15 is 0 Å². The Morgan fingerprint density at radius 1 is 1.31 bits per heavy atom. The summed E-state index contributed by atoms with van der Waals surface area (Å²) in [5.74, 6) is 0.0256. The normalized spacial score (nSPS) is 10.3. The average molecular weight is 232 g/mol. The summed E-state index contributed by atoms with van der Waals surface area (Å²) >= 11 is 1.69. The molecule has 0 saturated heterocycles. The van der Waals surface area contributed by atoms with Gasteiger partial charge in [0, 0.05) is 28.6 Å². The Morgan fingerprint density at radius 2 is 2.12 bits per heavy atom. The molecule has 16 heavy (non-hydrogen) atoms. The van der Waals surface area contributed by atoms with Gasteiger partial charge in [0.15, 0.2) is 5.78 Å². The van der Waals surface area contributed by atoms with Gasteiger partial charge in [0.2, 0.25) is 0 Å². The minimum atomic E-state index is 0.0256. The van der Waals surface area contributed by atoms with Crippen molar-refractivity contribution < 1.29 is 4.79 Å². The Hall–Kier alpha value is -1.55. The van der Waals surface area contributed by atoms with Gasteiger partial charge in [-0.1, -0.05) is 6.92 Å². The number of carbonyl (C=O) groups excluding carboxylic acids is 1. The SMILES string of the molecule is CCc1ccc(CC(=O)c2cnccn2)s1. The molecule has 0 radical (unpaired) electrons. The van der Waals surface area contributed by atoms with Gasteiger partial charge in [0.1, 0.15) is 5.69 Å². The van der Waals surface area contributed by atoms with Gasteiger partial charge in [-0.2, -0.15) is 0 Å². The van der Waals surface area contributed by atoms with Crippen LogP contribution in [0.15, 0.2) is 30.7 Å². The number of rotatable bonds is 4. The zero-order valence-corrected chi connectivity index (χ0v) is 9.83. The van der Waals surface area contributed by atoms with Gasteiger partial charge in [0.05, 0.1) is 6.20 Å². The summed E-state index contributed by atoms with van der Waals surface area (Å²) in [4.78, 5) is 22.1. The fraction of sp³-hybridized carbons (Fsp3) is 0.250. The molecule has 0 aromatic carbocycles. The molecule has 0 spiro atoms. The lowest BCUT2D eigenvalue weighted by atomic mass is 10.2. The number of aryl methyl sites for hydroxylation is 1. The molecule has 0 N–H and O–H groups in total. The summed E-state index contributed by atoms with van der Waals surface area (Å²) in [6, 6.07) is 4.09. The summed E-state index contributed by atoms with van der Waals surface area (Å²) in [5.41, 5.74) is 0.439. The molecule has 2 aromatic heterocycles. The molecule has 0 unspecified atom stereocenters. The van der Waals surface area contributed by atoms with Gasteiger partial charge >= 0.3 is 0 Å². The summed E-state index contributed by atoms with van der Waals surface area (Å²) in [7, 11) is 0. The zero-order valence-electron chi connectivity index (χ0n) is 9.01. The number of Topliss-reactive ketones (excluding diaryl/α,β-unsaturated/α-hetero) is 1. The molecule has 2 heterocycles. The number of hydrogen-bond donors (Lipinski definition) is 0. The number of ketones is 1. The summed E-state index contributed by atoms with van der Waals surface area (Å²) in [6.45, 7) is 2.11. The van der Waals surface area contributed by atoms with E-state index in [-0.39, 0.29) is 5.78 Å². The van der Waals surface area contributed by atoms with E-state index in [0.717, 1.165) is 11.3 Å². The Balaban J connectivity index is 2.08. The number of thiophene rings is 1. The maximum absolute atomic E-state index is 11.8. The van der Waals surface area contributed by atoms with Gasteiger partial charge in [0.25, 0.3) is 0 Å². The largest absolute Gasteiger partial charge is 0.292 e. The van der Waals surface area contributed by atoms with Crippen LogP contribution >= 0.6 is 11.3 Å². The minimum absolute atomic E-state index is 0.0256. The van der Waals surface area contributed by atoms with Crippen molar-refractivity contribution >= 4 is 17.1 Å². The Labute approximate surface area is 98.2 Å². The van der Waals surface area contributed by atoms with Crippen molar-refractivity contribution in [3.05, 3.63) is 46.2 Å². The van der Waals surface area contributed by atoms with Crippen LogP contribution in [-0.2, 0) is 12.8 Å². The number of hydrogen-bond acceptors (Lipinski definition) is 4. The van der Waals surface area contributed by atoms with Gasteiger partial charge in [-0.3, -0.25) is 9.78 Å². The van der Waals surface area contributed by atoms with E-state index in [9.17, 15) is 4.79 Å². The smallest absolute Gasteiger partial charge is 0.187 e. The van der Waals surface area contributed by atoms with Gasteiger partial charge in [-0.25, -0.2) is 4.98 Å². The first-order chi connectivity index (χ1) is 7.79. The number of carbonyl (C=O) groups is 1. The standard InChI is InChI=1S/C12H12N2OS/c1-2-9-3-4-10(16-9)7-12(15)11-8-13-5-6-14-11/h3-6,8H,2,7H2,1H3. The molecule has 2 aromatic rings. The maximum atomic E-state index is 11.8. The molecule has 3 nitrogen and oxygen atoms in total. The second kappa shape index (κ2) is 4.99. The first-order valence-corrected chi connectivity index (χ1v) is 5.98. The predicted molar refractivity (Wildman–Crippen MR) is 63.8 cm³/mol. The third-order valence-electron chi connectivity index (χ3n) is 2.25. The van der Waals surface area contributed by atoms with Crippen molar-refractivity contribution in [1.29, 1.82) is 0 Å². The van der Waals surface area contributed by atoms with Crippen molar-refractivity contribution in [3.63, 3.8) is 0 Å². The number of nitrogens with zero attached hydrogens (tertiary/aromatic N) is 2. The van der Waals surface area contributed by atoms with Crippen molar-refractivity contribution in [2.75, 3.05) is 0 Å². The second-order valence-corrected chi connectivity index (χ2v) is 4.67. The van der Waals surface area contributed by atoms with Crippen LogP contribution in [0.5, 0.6) is 0 Å². The zero-order chi connectivity index (χ0) is 11.4. The molecular formula is C12H12N2OS. The number of aromatic nitrogens is 2. The second-order valence-electron chi connectivity index (χ2n) is 3.41. The molecule has 0 amide bonds. The van der Waals surface area contributed by atoms with E-state index in [1.165, 1.54) is 11.1 Å². The van der Waals surface area contributed by atoms with Crippen LogP contribution in [0.2, 0.25) is 0 Å². The lowest BCUT2D eigenvalue weighted by Crippen LogP contribution is -2.04. The highest BCUT2D eigenvalue weighted by atomic mass is 32.1. The molecule has 82 valence electrons. The minimum Gasteiger partial charge on any atom is -0.292 e. The molecule has 4 heteroatoms. The first kappa shape index (κ1) is 11.0. The highest BCUT2D eigenvalue weighted by Gasteiger charge is 2.09. The Morgan fingerprint density at radius 3 is 2.75 bits per heavy atom. The predicted octanol–water partition coefficient (Wildman–Crippen LogP) is 2.53. The maximum Gasteiger partial charge on any atom is 0.187 e. The van der Waals surface area contributed by atoms with Gasteiger partial charge in [-0.05, 0) is 18.6 Å². The summed E-state index contributed by atoms with van der Waals surface area (Å²) in [5, 5.41) is 0. The van der Waals surface area contributed by atoms with E-state index in [2.05, 4.69) is 23.0 Å². The topological polar surface area (TPSA) is 42.9 Å². The van der Waals surface area contributed by atoms with E-state index in [1.54, 1.807) is 23.7 Å². The third-order valence-corrected chi connectivity index (χ3v) is 3.48. The van der Waals surface area contributed by atoms with E-state index in [0.29, 0.717) is 12.1 Å². The van der Waals surface area contributed by atoms with Crippen molar-refractivity contribution in [2.24, 2.45) is 0 Å². The van der Waals surface area contributed by atoms with Crippen LogP contribution in [0.4, 0.5) is 0 Å². The average Bonchev–Trinajstić information content (AvgIpc) is 2.78. The van der Waals surface area contributed by atoms with E-state index < -0.39 is 0 Å². The molecular weight excluding hydrogens is 220 g/mol. The molecule has 0 aliphatic rings. The van der Waals surface area contributed by atoms with Gasteiger partial charge in [-0.15, -0.1) is 11.3 Å². The van der Waals surface area contributed by atoms with Crippen LogP contribution in [0.1, 0.15) is 27.2 Å². The fourth-order valence-corrected chi connectivity index (χ4v) is 2.36. The van der Waals surface area contributed by atoms with Crippen molar-refractivity contribution in [3.8, 4) is 0 Å². The molecule has 0 bridgehead atoms. The Bertz CT molecular complexity index is 479. The molecule has 2 rings (SSSR count). The quantitative estimate of drug-likeness (QED) is 0.761. The fourth-order valence-electron chi connectivity index (χ4n) is 1.40. The molecule has 0 aliphatic heterocycles. The van der Waals surface area contributed by atoms with Crippen LogP contribution in [0.3, 0.4) is 0 Å². The summed E-state index contributed by atoms with van der Waals surface area (Å²) < 4.78 is 0. The molecule has 0 atom stereocenters. The molecule has 0 aliphatic carbocycles. The van der Waals surface area contributed by atoms with Crippen LogP contribution < -0.4 is 0 Å². The lowest BCUT2D eigenvalue weighted by molar-refractivity contribution is 0.0988. The van der Waals surface area contributed by atoms with Gasteiger partial charge < -0.3 is 0 Å². The highest BCUT2D eigenvalue weighted by Crippen LogP contribution is 2.18. The van der Waals surface area contributed by atoms with Crippen LogP contribution in [0.25, 0.3) is 0 Å². The third kappa shape index (κ3) is 2.52. The van der Waals surface area contributed by atoms with Crippen molar-refractivity contribution in [1.82, 2.24) is 9.97 Å². The Kier molecular flexibility index (Phi) is 3.41. The van der Waals surface area contributed by atoms with E-state index in [4.69, 9.17) is 0 Å². The highest BCUT2D eigenvalue weighted by molar-refractivity contribution is 7.12. The monoisotopic (exact) mass is 232 g/mol. The van der Waals surface area contributed by atoms with E-state index in [1.807, 2.05) is 6.07 Å². The first-order valence-electron chi connectivity index (χ1n) is 5.16. The van der Waals surface area contributed by atoms with Crippen LogP contribution in [-0.4, -0.2) is 15.8 Å². The summed E-state index contributed by atoms with van der Waals surface area (Å²) in [6.07, 6.45) is 6.06. The van der Waals surface area contributed by atoms with Crippen molar-refractivity contribution in [2.45, 2.75) is 19.8 Å².